The fraction of sp³-hybridized carbons (Fsp3) is 0.409. The van der Waals surface area contributed by atoms with Crippen molar-refractivity contribution in [3.05, 3.63) is 53.6 Å². The van der Waals surface area contributed by atoms with E-state index in [0.717, 1.165) is 24.5 Å². The van der Waals surface area contributed by atoms with Gasteiger partial charge < -0.3 is 19.9 Å². The summed E-state index contributed by atoms with van der Waals surface area (Å²) in [6, 6.07) is 14.0. The molecule has 3 rings (SSSR count). The Balaban J connectivity index is 1.54. The molecule has 1 fully saturated rings. The largest absolute Gasteiger partial charge is 0.491 e. The average molecular weight is 367 g/mol. The maximum Gasteiger partial charge on any atom is 0.321 e. The number of ether oxygens (including phenoxy) is 1. The van der Waals surface area contributed by atoms with Gasteiger partial charge in [0.15, 0.2) is 0 Å². The molecule has 2 aromatic carbocycles. The van der Waals surface area contributed by atoms with Gasteiger partial charge >= 0.3 is 6.03 Å². The number of urea groups is 1. The van der Waals surface area contributed by atoms with E-state index in [9.17, 15) is 4.79 Å². The van der Waals surface area contributed by atoms with Gasteiger partial charge in [-0.05, 0) is 63.6 Å². The topological polar surface area (TPSA) is 44.8 Å². The number of nitrogens with zero attached hydrogens (tertiary/aromatic N) is 2. The molecule has 144 valence electrons. The van der Waals surface area contributed by atoms with Crippen LogP contribution in [0.2, 0.25) is 0 Å². The number of nitrogens with one attached hydrogen (secondary N) is 1. The Kier molecular flexibility index (Phi) is 5.89. The SMILES string of the molecule is Cc1ccc(N2CCN(C(=O)Nc3ccc(OC(C)C)cc3)CC2)c(C)c1. The van der Waals surface area contributed by atoms with Crippen molar-refractivity contribution in [3.63, 3.8) is 0 Å². The molecule has 1 aliphatic rings. The van der Waals surface area contributed by atoms with E-state index in [1.807, 2.05) is 43.0 Å². The van der Waals surface area contributed by atoms with E-state index in [1.165, 1.54) is 16.8 Å². The molecular formula is C22H29N3O2. The van der Waals surface area contributed by atoms with Crippen LogP contribution in [0.5, 0.6) is 5.75 Å². The van der Waals surface area contributed by atoms with Crippen LogP contribution in [-0.4, -0.2) is 43.2 Å². The Morgan fingerprint density at radius 1 is 1.00 bits per heavy atom. The summed E-state index contributed by atoms with van der Waals surface area (Å²) in [5, 5.41) is 2.98. The molecular weight excluding hydrogens is 338 g/mol. The van der Waals surface area contributed by atoms with Crippen molar-refractivity contribution in [2.24, 2.45) is 0 Å². The first-order valence-corrected chi connectivity index (χ1v) is 9.57. The fourth-order valence-electron chi connectivity index (χ4n) is 3.40. The molecule has 1 aliphatic heterocycles. The number of amides is 2. The molecule has 0 aliphatic carbocycles. The lowest BCUT2D eigenvalue weighted by Crippen LogP contribution is -2.50. The number of piperazine rings is 1. The lowest BCUT2D eigenvalue weighted by atomic mass is 10.1. The van der Waals surface area contributed by atoms with Gasteiger partial charge in [0.1, 0.15) is 5.75 Å². The van der Waals surface area contributed by atoms with Crippen LogP contribution in [0.25, 0.3) is 0 Å². The van der Waals surface area contributed by atoms with E-state index in [4.69, 9.17) is 4.74 Å². The van der Waals surface area contributed by atoms with Crippen molar-refractivity contribution in [2.45, 2.75) is 33.8 Å². The van der Waals surface area contributed by atoms with Crippen LogP contribution in [-0.2, 0) is 0 Å². The van der Waals surface area contributed by atoms with Crippen LogP contribution in [0.4, 0.5) is 16.2 Å². The molecule has 1 saturated heterocycles. The van der Waals surface area contributed by atoms with Gasteiger partial charge in [0, 0.05) is 37.6 Å². The molecule has 2 amide bonds. The zero-order valence-corrected chi connectivity index (χ0v) is 16.7. The molecule has 0 saturated carbocycles. The summed E-state index contributed by atoms with van der Waals surface area (Å²) in [6.07, 6.45) is 0.138. The Bertz CT molecular complexity index is 779. The van der Waals surface area contributed by atoms with Crippen LogP contribution >= 0.6 is 0 Å². The van der Waals surface area contributed by atoms with E-state index in [0.29, 0.717) is 13.1 Å². The summed E-state index contributed by atoms with van der Waals surface area (Å²) >= 11 is 0. The van der Waals surface area contributed by atoms with Crippen LogP contribution in [0, 0.1) is 13.8 Å². The molecule has 5 nitrogen and oxygen atoms in total. The second-order valence-corrected chi connectivity index (χ2v) is 7.39. The van der Waals surface area contributed by atoms with Crippen molar-refractivity contribution >= 4 is 17.4 Å². The second kappa shape index (κ2) is 8.33. The summed E-state index contributed by atoms with van der Waals surface area (Å²) in [6.45, 7) is 11.4. The normalized spacial score (nSPS) is 14.4. The second-order valence-electron chi connectivity index (χ2n) is 7.39. The van der Waals surface area contributed by atoms with Gasteiger partial charge in [-0.15, -0.1) is 0 Å². The zero-order valence-electron chi connectivity index (χ0n) is 16.7. The minimum absolute atomic E-state index is 0.0483. The number of hydrogen-bond acceptors (Lipinski definition) is 3. The average Bonchev–Trinajstić information content (AvgIpc) is 2.63. The molecule has 2 aromatic rings. The number of anilines is 2. The molecule has 27 heavy (non-hydrogen) atoms. The highest BCUT2D eigenvalue weighted by Crippen LogP contribution is 2.23. The Hall–Kier alpha value is -2.69. The smallest absolute Gasteiger partial charge is 0.321 e. The van der Waals surface area contributed by atoms with Gasteiger partial charge in [-0.1, -0.05) is 17.7 Å². The molecule has 0 radical (unpaired) electrons. The van der Waals surface area contributed by atoms with E-state index in [2.05, 4.69) is 42.3 Å². The quantitative estimate of drug-likeness (QED) is 0.869. The van der Waals surface area contributed by atoms with Crippen molar-refractivity contribution in [2.75, 3.05) is 36.4 Å². The van der Waals surface area contributed by atoms with Crippen LogP contribution < -0.4 is 15.0 Å². The van der Waals surface area contributed by atoms with Crippen molar-refractivity contribution in [3.8, 4) is 5.75 Å². The highest BCUT2D eigenvalue weighted by Gasteiger charge is 2.22. The minimum Gasteiger partial charge on any atom is -0.491 e. The molecule has 0 bridgehead atoms. The summed E-state index contributed by atoms with van der Waals surface area (Å²) in [4.78, 5) is 16.8. The number of carbonyl (C=O) groups is 1. The third-order valence-electron chi connectivity index (χ3n) is 4.74. The first kappa shape index (κ1) is 19.1. The lowest BCUT2D eigenvalue weighted by Gasteiger charge is -2.36. The van der Waals surface area contributed by atoms with Crippen molar-refractivity contribution < 1.29 is 9.53 Å². The number of aryl methyl sites for hydroxylation is 2. The van der Waals surface area contributed by atoms with Gasteiger partial charge in [-0.3, -0.25) is 0 Å². The highest BCUT2D eigenvalue weighted by molar-refractivity contribution is 5.89. The van der Waals surface area contributed by atoms with Crippen LogP contribution in [0.15, 0.2) is 42.5 Å². The molecule has 5 heteroatoms. The Morgan fingerprint density at radius 3 is 2.26 bits per heavy atom. The van der Waals surface area contributed by atoms with Crippen molar-refractivity contribution in [1.29, 1.82) is 0 Å². The summed E-state index contributed by atoms with van der Waals surface area (Å²) < 4.78 is 5.63. The van der Waals surface area contributed by atoms with Gasteiger partial charge in [0.05, 0.1) is 6.10 Å². The minimum atomic E-state index is -0.0483. The predicted octanol–water partition coefficient (Wildman–Crippen LogP) is 4.44. The monoisotopic (exact) mass is 367 g/mol. The van der Waals surface area contributed by atoms with Gasteiger partial charge in [0.2, 0.25) is 0 Å². The lowest BCUT2D eigenvalue weighted by molar-refractivity contribution is 0.208. The van der Waals surface area contributed by atoms with Crippen molar-refractivity contribution in [1.82, 2.24) is 4.90 Å². The molecule has 1 heterocycles. The van der Waals surface area contributed by atoms with Gasteiger partial charge in [-0.25, -0.2) is 4.79 Å². The third kappa shape index (κ3) is 4.94. The zero-order chi connectivity index (χ0) is 19.4. The molecule has 0 aromatic heterocycles. The maximum atomic E-state index is 12.6. The van der Waals surface area contributed by atoms with E-state index >= 15 is 0 Å². The molecule has 0 unspecified atom stereocenters. The number of rotatable bonds is 4. The molecule has 0 spiro atoms. The number of hydrogen-bond donors (Lipinski definition) is 1. The Labute approximate surface area is 161 Å². The van der Waals surface area contributed by atoms with Crippen LogP contribution in [0.1, 0.15) is 25.0 Å². The number of benzene rings is 2. The maximum absolute atomic E-state index is 12.6. The fourth-order valence-corrected chi connectivity index (χ4v) is 3.40. The van der Waals surface area contributed by atoms with Crippen LogP contribution in [0.3, 0.4) is 0 Å². The van der Waals surface area contributed by atoms with E-state index < -0.39 is 0 Å². The Morgan fingerprint density at radius 2 is 1.67 bits per heavy atom. The summed E-state index contributed by atoms with van der Waals surface area (Å²) in [5.74, 6) is 0.810. The van der Waals surface area contributed by atoms with Gasteiger partial charge in [0.25, 0.3) is 0 Å². The first-order valence-electron chi connectivity index (χ1n) is 9.57. The predicted molar refractivity (Wildman–Crippen MR) is 111 cm³/mol. The van der Waals surface area contributed by atoms with E-state index in [1.54, 1.807) is 0 Å². The summed E-state index contributed by atoms with van der Waals surface area (Å²) in [5.41, 5.74) is 4.62. The number of carbonyl (C=O) groups excluding carboxylic acids is 1. The third-order valence-corrected chi connectivity index (χ3v) is 4.74. The molecule has 0 atom stereocenters. The molecule has 1 N–H and O–H groups in total. The van der Waals surface area contributed by atoms with E-state index in [-0.39, 0.29) is 12.1 Å². The van der Waals surface area contributed by atoms with Gasteiger partial charge in [-0.2, -0.15) is 0 Å². The standard InChI is InChI=1S/C22H29N3O2/c1-16(2)27-20-8-6-19(7-9-20)23-22(26)25-13-11-24(12-14-25)21-10-5-17(3)15-18(21)4/h5-10,15-16H,11-14H2,1-4H3,(H,23,26). The summed E-state index contributed by atoms with van der Waals surface area (Å²) in [7, 11) is 0. The first-order chi connectivity index (χ1) is 12.9. The highest BCUT2D eigenvalue weighted by atomic mass is 16.5.